The Hall–Kier alpha value is -4.27. The van der Waals surface area contributed by atoms with Crippen molar-refractivity contribution in [3.63, 3.8) is 0 Å². The summed E-state index contributed by atoms with van der Waals surface area (Å²) in [6.45, 7) is 4.53. The first-order valence-corrected chi connectivity index (χ1v) is 12.2. The van der Waals surface area contributed by atoms with Gasteiger partial charge in [-0.1, -0.05) is 36.4 Å². The van der Waals surface area contributed by atoms with Gasteiger partial charge in [0.2, 0.25) is 0 Å². The SMILES string of the molecule is Cc1c(N)cccc1C(=O)Nc1cccc(-c2cc(N3CCOCC3)nc(-c3cccc(CO)c3)n2)c1. The summed E-state index contributed by atoms with van der Waals surface area (Å²) in [6.07, 6.45) is 0. The van der Waals surface area contributed by atoms with Crippen LogP contribution in [0.1, 0.15) is 21.5 Å². The molecular weight excluding hydrogens is 466 g/mol. The fraction of sp³-hybridized carbons (Fsp3) is 0.207. The van der Waals surface area contributed by atoms with E-state index in [0.717, 1.165) is 46.9 Å². The molecule has 1 aromatic heterocycles. The van der Waals surface area contributed by atoms with Gasteiger partial charge in [-0.15, -0.1) is 0 Å². The van der Waals surface area contributed by atoms with Crippen LogP contribution in [0, 0.1) is 6.92 Å². The number of benzene rings is 3. The smallest absolute Gasteiger partial charge is 0.256 e. The van der Waals surface area contributed by atoms with Crippen molar-refractivity contribution < 1.29 is 14.6 Å². The monoisotopic (exact) mass is 495 g/mol. The average molecular weight is 496 g/mol. The quantitative estimate of drug-likeness (QED) is 0.342. The number of anilines is 3. The third-order valence-corrected chi connectivity index (χ3v) is 6.45. The zero-order valence-electron chi connectivity index (χ0n) is 20.6. The van der Waals surface area contributed by atoms with E-state index in [4.69, 9.17) is 20.4 Å². The third-order valence-electron chi connectivity index (χ3n) is 6.45. The largest absolute Gasteiger partial charge is 0.398 e. The summed E-state index contributed by atoms with van der Waals surface area (Å²) in [7, 11) is 0. The molecule has 188 valence electrons. The number of carbonyl (C=O) groups is 1. The van der Waals surface area contributed by atoms with Gasteiger partial charge in [0.05, 0.1) is 25.5 Å². The molecule has 2 heterocycles. The molecule has 37 heavy (non-hydrogen) atoms. The van der Waals surface area contributed by atoms with Crippen LogP contribution in [-0.4, -0.2) is 47.3 Å². The van der Waals surface area contributed by atoms with Crippen LogP contribution in [0.3, 0.4) is 0 Å². The van der Waals surface area contributed by atoms with E-state index >= 15 is 0 Å². The number of hydrogen-bond acceptors (Lipinski definition) is 7. The van der Waals surface area contributed by atoms with Crippen molar-refractivity contribution in [1.29, 1.82) is 0 Å². The molecule has 3 aromatic carbocycles. The number of nitrogens with two attached hydrogens (primary N) is 1. The molecule has 4 N–H and O–H groups in total. The number of nitrogen functional groups attached to an aromatic ring is 1. The van der Waals surface area contributed by atoms with Gasteiger partial charge in [0.1, 0.15) is 5.82 Å². The first kappa shape index (κ1) is 24.4. The lowest BCUT2D eigenvalue weighted by molar-refractivity contribution is 0.102. The summed E-state index contributed by atoms with van der Waals surface area (Å²) in [5.74, 6) is 1.15. The molecule has 0 spiro atoms. The number of nitrogens with zero attached hydrogens (tertiary/aromatic N) is 3. The molecule has 0 atom stereocenters. The maximum absolute atomic E-state index is 13.0. The lowest BCUT2D eigenvalue weighted by atomic mass is 10.1. The number of rotatable bonds is 6. The summed E-state index contributed by atoms with van der Waals surface area (Å²) in [5.41, 5.74) is 11.7. The maximum Gasteiger partial charge on any atom is 0.256 e. The number of nitrogens with one attached hydrogen (secondary N) is 1. The standard InChI is InChI=1S/C29H29N5O3/c1-19-24(9-4-10-25(19)30)29(36)31-23-8-3-6-21(16-23)26-17-27(34-11-13-37-14-12-34)33-28(32-26)22-7-2-5-20(15-22)18-35/h2-10,15-17,35H,11-14,18,30H2,1H3,(H,31,36). The minimum absolute atomic E-state index is 0.0574. The Labute approximate surface area is 215 Å². The number of carbonyl (C=O) groups excluding carboxylic acids is 1. The van der Waals surface area contributed by atoms with Gasteiger partial charge in [0, 0.05) is 47.2 Å². The van der Waals surface area contributed by atoms with Gasteiger partial charge in [-0.3, -0.25) is 4.79 Å². The van der Waals surface area contributed by atoms with E-state index < -0.39 is 0 Å². The second-order valence-corrected chi connectivity index (χ2v) is 8.95. The summed E-state index contributed by atoms with van der Waals surface area (Å²) in [5, 5.41) is 12.6. The third kappa shape index (κ3) is 5.45. The number of morpholine rings is 1. The number of aliphatic hydroxyl groups excluding tert-OH is 1. The van der Waals surface area contributed by atoms with Gasteiger partial charge >= 0.3 is 0 Å². The van der Waals surface area contributed by atoms with Crippen LogP contribution >= 0.6 is 0 Å². The summed E-state index contributed by atoms with van der Waals surface area (Å²) in [6, 6.07) is 22.5. The van der Waals surface area contributed by atoms with Gasteiger partial charge in [-0.25, -0.2) is 9.97 Å². The van der Waals surface area contributed by atoms with Crippen LogP contribution in [0.5, 0.6) is 0 Å². The average Bonchev–Trinajstić information content (AvgIpc) is 2.95. The Bertz CT molecular complexity index is 1430. The van der Waals surface area contributed by atoms with Crippen molar-refractivity contribution in [2.75, 3.05) is 42.3 Å². The van der Waals surface area contributed by atoms with E-state index in [1.54, 1.807) is 18.2 Å². The highest BCUT2D eigenvalue weighted by atomic mass is 16.5. The van der Waals surface area contributed by atoms with Crippen LogP contribution in [0.15, 0.2) is 72.8 Å². The molecule has 0 unspecified atom stereocenters. The van der Waals surface area contributed by atoms with Crippen molar-refractivity contribution in [2.45, 2.75) is 13.5 Å². The molecule has 4 aromatic rings. The van der Waals surface area contributed by atoms with E-state index in [0.29, 0.717) is 36.0 Å². The summed E-state index contributed by atoms with van der Waals surface area (Å²) in [4.78, 5) is 24.9. The molecule has 5 rings (SSSR count). The van der Waals surface area contributed by atoms with Gasteiger partial charge in [0.15, 0.2) is 5.82 Å². The molecule has 1 amide bonds. The summed E-state index contributed by atoms with van der Waals surface area (Å²) >= 11 is 0. The fourth-order valence-electron chi connectivity index (χ4n) is 4.33. The Morgan fingerprint density at radius 1 is 1.00 bits per heavy atom. The van der Waals surface area contributed by atoms with Gasteiger partial charge in [-0.2, -0.15) is 0 Å². The minimum Gasteiger partial charge on any atom is -0.398 e. The molecule has 8 nitrogen and oxygen atoms in total. The van der Waals surface area contributed by atoms with Crippen LogP contribution in [0.25, 0.3) is 22.6 Å². The lowest BCUT2D eigenvalue weighted by Crippen LogP contribution is -2.36. The van der Waals surface area contributed by atoms with E-state index in [1.165, 1.54) is 0 Å². The fourth-order valence-corrected chi connectivity index (χ4v) is 4.33. The molecule has 1 aliphatic rings. The van der Waals surface area contributed by atoms with Gasteiger partial charge in [-0.05, 0) is 48.4 Å². The highest BCUT2D eigenvalue weighted by molar-refractivity contribution is 6.06. The zero-order valence-corrected chi connectivity index (χ0v) is 20.6. The summed E-state index contributed by atoms with van der Waals surface area (Å²) < 4.78 is 5.53. The molecule has 1 fully saturated rings. The maximum atomic E-state index is 13.0. The topological polar surface area (TPSA) is 114 Å². The number of aromatic nitrogens is 2. The number of ether oxygens (including phenoxy) is 1. The lowest BCUT2D eigenvalue weighted by Gasteiger charge is -2.28. The van der Waals surface area contributed by atoms with Crippen molar-refractivity contribution >= 4 is 23.1 Å². The van der Waals surface area contributed by atoms with Crippen LogP contribution in [0.2, 0.25) is 0 Å². The van der Waals surface area contributed by atoms with E-state index in [-0.39, 0.29) is 12.5 Å². The Morgan fingerprint density at radius 3 is 2.57 bits per heavy atom. The molecule has 1 saturated heterocycles. The van der Waals surface area contributed by atoms with Gasteiger partial charge in [0.25, 0.3) is 5.91 Å². The molecule has 0 saturated carbocycles. The second kappa shape index (κ2) is 10.8. The predicted octanol–water partition coefficient (Wildman–Crippen LogP) is 4.28. The normalized spacial score (nSPS) is 13.4. The Morgan fingerprint density at radius 2 is 1.76 bits per heavy atom. The Balaban J connectivity index is 1.51. The van der Waals surface area contributed by atoms with Gasteiger partial charge < -0.3 is 25.8 Å². The van der Waals surface area contributed by atoms with Crippen LogP contribution in [-0.2, 0) is 11.3 Å². The number of aliphatic hydroxyl groups is 1. The second-order valence-electron chi connectivity index (χ2n) is 8.95. The molecule has 8 heteroatoms. The first-order valence-electron chi connectivity index (χ1n) is 12.2. The minimum atomic E-state index is -0.222. The molecule has 0 bridgehead atoms. The molecule has 1 aliphatic heterocycles. The van der Waals surface area contributed by atoms with E-state index in [2.05, 4.69) is 10.2 Å². The number of hydrogen-bond donors (Lipinski definition) is 3. The van der Waals surface area contributed by atoms with Crippen molar-refractivity contribution in [1.82, 2.24) is 9.97 Å². The van der Waals surface area contributed by atoms with Crippen molar-refractivity contribution in [2.24, 2.45) is 0 Å². The van der Waals surface area contributed by atoms with E-state index in [1.807, 2.05) is 61.5 Å². The zero-order chi connectivity index (χ0) is 25.8. The Kier molecular flexibility index (Phi) is 7.11. The van der Waals surface area contributed by atoms with E-state index in [9.17, 15) is 9.90 Å². The van der Waals surface area contributed by atoms with Crippen molar-refractivity contribution in [3.05, 3.63) is 89.5 Å². The molecular formula is C29H29N5O3. The van der Waals surface area contributed by atoms with Crippen LogP contribution < -0.4 is 16.0 Å². The number of amides is 1. The highest BCUT2D eigenvalue weighted by Gasteiger charge is 2.17. The van der Waals surface area contributed by atoms with Crippen LogP contribution in [0.4, 0.5) is 17.2 Å². The molecule has 0 aliphatic carbocycles. The highest BCUT2D eigenvalue weighted by Crippen LogP contribution is 2.29. The van der Waals surface area contributed by atoms with Crippen molar-refractivity contribution in [3.8, 4) is 22.6 Å². The predicted molar refractivity (Wildman–Crippen MR) is 145 cm³/mol. The first-order chi connectivity index (χ1) is 18.0. The molecule has 0 radical (unpaired) electrons.